The summed E-state index contributed by atoms with van der Waals surface area (Å²) in [7, 11) is 1.66. The summed E-state index contributed by atoms with van der Waals surface area (Å²) in [5, 5.41) is 12.5. The van der Waals surface area contributed by atoms with E-state index < -0.39 is 6.09 Å². The molecule has 1 fully saturated rings. The molecule has 1 aromatic carbocycles. The van der Waals surface area contributed by atoms with Crippen molar-refractivity contribution in [2.45, 2.75) is 31.3 Å². The van der Waals surface area contributed by atoms with E-state index in [2.05, 4.69) is 24.4 Å². The van der Waals surface area contributed by atoms with Crippen LogP contribution in [0.5, 0.6) is 0 Å². The van der Waals surface area contributed by atoms with Crippen LogP contribution in [0, 0.1) is 0 Å². The molecule has 2 N–H and O–H groups in total. The molecule has 4 heteroatoms. The van der Waals surface area contributed by atoms with E-state index in [1.54, 1.807) is 7.05 Å². The second-order valence-electron chi connectivity index (χ2n) is 4.93. The molecule has 0 radical (unpaired) electrons. The number of nitrogens with one attached hydrogen (secondary N) is 1. The molecule has 2 rings (SSSR count). The van der Waals surface area contributed by atoms with Crippen molar-refractivity contribution in [3.05, 3.63) is 35.9 Å². The highest BCUT2D eigenvalue weighted by atomic mass is 16.4. The summed E-state index contributed by atoms with van der Waals surface area (Å²) < 4.78 is 0. The summed E-state index contributed by atoms with van der Waals surface area (Å²) in [6.07, 6.45) is 0.177. The molecule has 18 heavy (non-hydrogen) atoms. The molecular formula is C14H20N2O2. The Morgan fingerprint density at radius 1 is 1.44 bits per heavy atom. The Kier molecular flexibility index (Phi) is 3.87. The lowest BCUT2D eigenvalue weighted by Gasteiger charge is -2.42. The fraction of sp³-hybridized carbons (Fsp3) is 0.500. The molecule has 1 saturated heterocycles. The van der Waals surface area contributed by atoms with Gasteiger partial charge in [0.05, 0.1) is 6.04 Å². The van der Waals surface area contributed by atoms with Gasteiger partial charge in [0.2, 0.25) is 0 Å². The summed E-state index contributed by atoms with van der Waals surface area (Å²) in [5.41, 5.74) is 1.18. The maximum Gasteiger partial charge on any atom is 0.407 e. The monoisotopic (exact) mass is 248 g/mol. The highest BCUT2D eigenvalue weighted by molar-refractivity contribution is 5.65. The quantitative estimate of drug-likeness (QED) is 0.858. The SMILES string of the molecule is C[C@@H](c1ccccc1)C([C@H]1CCN1)N(C)C(=O)O. The summed E-state index contributed by atoms with van der Waals surface area (Å²) >= 11 is 0. The van der Waals surface area contributed by atoms with Crippen molar-refractivity contribution in [3.8, 4) is 0 Å². The first-order valence-corrected chi connectivity index (χ1v) is 6.35. The van der Waals surface area contributed by atoms with E-state index in [0.29, 0.717) is 0 Å². The molecule has 98 valence electrons. The lowest BCUT2D eigenvalue weighted by molar-refractivity contribution is 0.104. The Labute approximate surface area is 108 Å². The number of carboxylic acid groups (broad SMARTS) is 1. The minimum atomic E-state index is -0.864. The zero-order valence-electron chi connectivity index (χ0n) is 10.8. The van der Waals surface area contributed by atoms with Crippen LogP contribution in [0.4, 0.5) is 4.79 Å². The van der Waals surface area contributed by atoms with Crippen molar-refractivity contribution < 1.29 is 9.90 Å². The van der Waals surface area contributed by atoms with Gasteiger partial charge in [-0.2, -0.15) is 0 Å². The molecule has 1 amide bonds. The summed E-state index contributed by atoms with van der Waals surface area (Å²) in [6, 6.07) is 10.3. The van der Waals surface area contributed by atoms with E-state index in [-0.39, 0.29) is 18.0 Å². The number of carbonyl (C=O) groups is 1. The second-order valence-corrected chi connectivity index (χ2v) is 4.93. The third-order valence-corrected chi connectivity index (χ3v) is 3.86. The van der Waals surface area contributed by atoms with Gasteiger partial charge in [-0.15, -0.1) is 0 Å². The van der Waals surface area contributed by atoms with Crippen LogP contribution < -0.4 is 5.32 Å². The molecule has 0 bridgehead atoms. The summed E-state index contributed by atoms with van der Waals surface area (Å²) in [5.74, 6) is 0.185. The van der Waals surface area contributed by atoms with Crippen LogP contribution in [0.25, 0.3) is 0 Å². The number of nitrogens with zero attached hydrogens (tertiary/aromatic N) is 1. The first-order valence-electron chi connectivity index (χ1n) is 6.35. The molecule has 1 heterocycles. The number of amides is 1. The number of hydrogen-bond acceptors (Lipinski definition) is 2. The van der Waals surface area contributed by atoms with Gasteiger partial charge in [0, 0.05) is 19.0 Å². The molecule has 3 atom stereocenters. The average Bonchev–Trinajstić information content (AvgIpc) is 2.33. The standard InChI is InChI=1S/C14H20N2O2/c1-10(11-6-4-3-5-7-11)13(12-8-9-15-12)16(2)14(17)18/h3-7,10,12-13,15H,8-9H2,1-2H3,(H,17,18)/t10-,12+,13?/m0/s1. The number of rotatable bonds is 4. The molecule has 1 aliphatic heterocycles. The van der Waals surface area contributed by atoms with Crippen molar-refractivity contribution >= 4 is 6.09 Å². The molecule has 1 unspecified atom stereocenters. The number of hydrogen-bond donors (Lipinski definition) is 2. The first kappa shape index (κ1) is 12.9. The van der Waals surface area contributed by atoms with Crippen molar-refractivity contribution in [1.29, 1.82) is 0 Å². The Morgan fingerprint density at radius 3 is 2.50 bits per heavy atom. The van der Waals surface area contributed by atoms with Crippen molar-refractivity contribution in [2.75, 3.05) is 13.6 Å². The molecule has 1 aliphatic rings. The molecule has 0 spiro atoms. The topological polar surface area (TPSA) is 52.6 Å². The van der Waals surface area contributed by atoms with E-state index in [4.69, 9.17) is 0 Å². The Balaban J connectivity index is 2.20. The van der Waals surface area contributed by atoms with Crippen LogP contribution in [0.1, 0.15) is 24.8 Å². The lowest BCUT2D eigenvalue weighted by Crippen LogP contribution is -2.59. The van der Waals surface area contributed by atoms with Gasteiger partial charge in [0.1, 0.15) is 0 Å². The van der Waals surface area contributed by atoms with E-state index >= 15 is 0 Å². The highest BCUT2D eigenvalue weighted by Crippen LogP contribution is 2.28. The largest absolute Gasteiger partial charge is 0.465 e. The average molecular weight is 248 g/mol. The molecule has 1 aromatic rings. The Hall–Kier alpha value is -1.55. The predicted molar refractivity (Wildman–Crippen MR) is 70.8 cm³/mol. The normalized spacial score (nSPS) is 21.8. The van der Waals surface area contributed by atoms with Crippen molar-refractivity contribution in [2.24, 2.45) is 0 Å². The third kappa shape index (κ3) is 2.48. The van der Waals surface area contributed by atoms with Crippen LogP contribution in [0.15, 0.2) is 30.3 Å². The van der Waals surface area contributed by atoms with Gasteiger partial charge in [-0.3, -0.25) is 0 Å². The van der Waals surface area contributed by atoms with E-state index in [1.807, 2.05) is 18.2 Å². The van der Waals surface area contributed by atoms with E-state index in [1.165, 1.54) is 10.5 Å². The zero-order valence-corrected chi connectivity index (χ0v) is 10.8. The molecule has 0 saturated carbocycles. The fourth-order valence-electron chi connectivity index (χ4n) is 2.64. The van der Waals surface area contributed by atoms with Gasteiger partial charge in [-0.05, 0) is 18.5 Å². The van der Waals surface area contributed by atoms with Gasteiger partial charge in [0.25, 0.3) is 0 Å². The smallest absolute Gasteiger partial charge is 0.407 e. The first-order chi connectivity index (χ1) is 8.61. The minimum absolute atomic E-state index is 0.0151. The second kappa shape index (κ2) is 5.40. The van der Waals surface area contributed by atoms with Crippen molar-refractivity contribution in [1.82, 2.24) is 10.2 Å². The van der Waals surface area contributed by atoms with Gasteiger partial charge >= 0.3 is 6.09 Å². The summed E-state index contributed by atoms with van der Waals surface area (Å²) in [4.78, 5) is 12.7. The maximum absolute atomic E-state index is 11.2. The Morgan fingerprint density at radius 2 is 2.06 bits per heavy atom. The van der Waals surface area contributed by atoms with Crippen LogP contribution in [0.3, 0.4) is 0 Å². The molecule has 0 aromatic heterocycles. The molecule has 4 nitrogen and oxygen atoms in total. The van der Waals surface area contributed by atoms with Gasteiger partial charge in [-0.1, -0.05) is 37.3 Å². The van der Waals surface area contributed by atoms with Crippen LogP contribution in [-0.2, 0) is 0 Å². The number of likely N-dealkylation sites (N-methyl/N-ethyl adjacent to an activating group) is 1. The number of benzene rings is 1. The third-order valence-electron chi connectivity index (χ3n) is 3.86. The Bertz CT molecular complexity index is 404. The highest BCUT2D eigenvalue weighted by Gasteiger charge is 2.36. The van der Waals surface area contributed by atoms with E-state index in [0.717, 1.165) is 13.0 Å². The zero-order chi connectivity index (χ0) is 13.1. The van der Waals surface area contributed by atoms with E-state index in [9.17, 15) is 9.90 Å². The van der Waals surface area contributed by atoms with Gasteiger partial charge in [0.15, 0.2) is 0 Å². The van der Waals surface area contributed by atoms with Crippen LogP contribution in [0.2, 0.25) is 0 Å². The predicted octanol–water partition coefficient (Wildman–Crippen LogP) is 2.13. The molecule has 0 aliphatic carbocycles. The van der Waals surface area contributed by atoms with Crippen LogP contribution >= 0.6 is 0 Å². The van der Waals surface area contributed by atoms with Gasteiger partial charge < -0.3 is 15.3 Å². The fourth-order valence-corrected chi connectivity index (χ4v) is 2.64. The lowest BCUT2D eigenvalue weighted by atomic mass is 9.84. The van der Waals surface area contributed by atoms with Gasteiger partial charge in [-0.25, -0.2) is 4.79 Å². The summed E-state index contributed by atoms with van der Waals surface area (Å²) in [6.45, 7) is 3.08. The molecular weight excluding hydrogens is 228 g/mol. The van der Waals surface area contributed by atoms with Crippen molar-refractivity contribution in [3.63, 3.8) is 0 Å². The van der Waals surface area contributed by atoms with Crippen LogP contribution in [-0.4, -0.2) is 41.8 Å². The maximum atomic E-state index is 11.2. The minimum Gasteiger partial charge on any atom is -0.465 e.